The Morgan fingerprint density at radius 1 is 1.28 bits per heavy atom. The van der Waals surface area contributed by atoms with Crippen LogP contribution in [-0.4, -0.2) is 20.1 Å². The number of ether oxygens (including phenoxy) is 1. The Kier molecular flexibility index (Phi) is 3.81. The summed E-state index contributed by atoms with van der Waals surface area (Å²) in [6, 6.07) is 7.09. The molecule has 0 atom stereocenters. The van der Waals surface area contributed by atoms with Crippen molar-refractivity contribution in [1.82, 2.24) is 9.97 Å². The van der Waals surface area contributed by atoms with Gasteiger partial charge in [0.15, 0.2) is 5.69 Å². The van der Waals surface area contributed by atoms with Crippen LogP contribution in [0.4, 0.5) is 0 Å². The van der Waals surface area contributed by atoms with Crippen molar-refractivity contribution < 1.29 is 9.84 Å². The van der Waals surface area contributed by atoms with Gasteiger partial charge in [0.25, 0.3) is 0 Å². The van der Waals surface area contributed by atoms with E-state index in [9.17, 15) is 5.11 Å². The molecule has 2 rings (SSSR count). The molecule has 0 saturated heterocycles. The number of rotatable bonds is 4. The molecule has 0 aliphatic carbocycles. The van der Waals surface area contributed by atoms with Crippen molar-refractivity contribution in [3.63, 3.8) is 0 Å². The molecule has 2 aromatic rings. The molecule has 1 heterocycles. The van der Waals surface area contributed by atoms with Crippen molar-refractivity contribution in [2.75, 3.05) is 0 Å². The first-order valence-corrected chi connectivity index (χ1v) is 5.60. The lowest BCUT2D eigenvalue weighted by Gasteiger charge is -2.10. The molecular weight excluding hydrogens is 250 g/mol. The second-order valence-electron chi connectivity index (χ2n) is 3.44. The molecule has 0 aliphatic rings. The van der Waals surface area contributed by atoms with Gasteiger partial charge in [-0.2, -0.15) is 0 Å². The minimum atomic E-state index is -0.126. The predicted octanol–water partition coefficient (Wildman–Crippen LogP) is 1.40. The number of aliphatic hydroxyl groups excluding tert-OH is 1. The number of hydrogen-bond acceptors (Lipinski definition) is 5. The van der Waals surface area contributed by atoms with Gasteiger partial charge in [0.2, 0.25) is 5.88 Å². The van der Waals surface area contributed by atoms with Gasteiger partial charge in [-0.05, 0) is 6.07 Å². The highest BCUT2D eigenvalue weighted by Gasteiger charge is 2.11. The molecule has 0 bridgehead atoms. The fourth-order valence-electron chi connectivity index (χ4n) is 1.41. The Balaban J connectivity index is 2.37. The highest BCUT2D eigenvalue weighted by molar-refractivity contribution is 7.80. The van der Waals surface area contributed by atoms with Crippen LogP contribution >= 0.6 is 12.2 Å². The van der Waals surface area contributed by atoms with E-state index in [1.165, 1.54) is 12.4 Å². The maximum atomic E-state index is 9.21. The van der Waals surface area contributed by atoms with Gasteiger partial charge in [-0.1, -0.05) is 30.4 Å². The second kappa shape index (κ2) is 5.52. The van der Waals surface area contributed by atoms with E-state index in [4.69, 9.17) is 22.7 Å². The highest BCUT2D eigenvalue weighted by atomic mass is 32.1. The SMILES string of the molecule is NC(=S)c1nccnc1Oc1ccccc1CO. The van der Waals surface area contributed by atoms with Crippen molar-refractivity contribution in [1.29, 1.82) is 0 Å². The Morgan fingerprint density at radius 2 is 2.00 bits per heavy atom. The van der Waals surface area contributed by atoms with Crippen molar-refractivity contribution in [3.8, 4) is 11.6 Å². The third-order valence-electron chi connectivity index (χ3n) is 2.25. The van der Waals surface area contributed by atoms with Crippen LogP contribution in [0.2, 0.25) is 0 Å². The van der Waals surface area contributed by atoms with Gasteiger partial charge in [0.1, 0.15) is 10.7 Å². The Labute approximate surface area is 109 Å². The molecule has 0 aliphatic heterocycles. The summed E-state index contributed by atoms with van der Waals surface area (Å²) in [6.07, 6.45) is 2.97. The number of benzene rings is 1. The van der Waals surface area contributed by atoms with Crippen molar-refractivity contribution >= 4 is 17.2 Å². The summed E-state index contributed by atoms with van der Waals surface area (Å²) in [6.45, 7) is -0.126. The number of nitrogens with zero attached hydrogens (tertiary/aromatic N) is 2. The number of thiocarbonyl (C=S) groups is 1. The summed E-state index contributed by atoms with van der Waals surface area (Å²) in [7, 11) is 0. The Morgan fingerprint density at radius 3 is 2.72 bits per heavy atom. The van der Waals surface area contributed by atoms with Gasteiger partial charge in [0.05, 0.1) is 6.61 Å². The minimum Gasteiger partial charge on any atom is -0.437 e. The summed E-state index contributed by atoms with van der Waals surface area (Å²) in [5.74, 6) is 0.726. The van der Waals surface area contributed by atoms with Crippen LogP contribution in [0.1, 0.15) is 11.3 Å². The van der Waals surface area contributed by atoms with Crippen molar-refractivity contribution in [2.45, 2.75) is 6.61 Å². The van der Waals surface area contributed by atoms with Gasteiger partial charge in [-0.25, -0.2) is 9.97 Å². The maximum Gasteiger partial charge on any atom is 0.248 e. The Hall–Kier alpha value is -2.05. The normalized spacial score (nSPS) is 10.1. The molecule has 0 saturated carbocycles. The van der Waals surface area contributed by atoms with E-state index < -0.39 is 0 Å². The first-order valence-electron chi connectivity index (χ1n) is 5.20. The van der Waals surface area contributed by atoms with Crippen LogP contribution in [0.25, 0.3) is 0 Å². The molecular formula is C12H11N3O2S. The fourth-order valence-corrected chi connectivity index (χ4v) is 1.55. The first kappa shape index (κ1) is 12.4. The maximum absolute atomic E-state index is 9.21. The topological polar surface area (TPSA) is 81.3 Å². The quantitative estimate of drug-likeness (QED) is 0.810. The van der Waals surface area contributed by atoms with Crippen LogP contribution in [-0.2, 0) is 6.61 Å². The van der Waals surface area contributed by atoms with Gasteiger partial charge in [-0.15, -0.1) is 0 Å². The van der Waals surface area contributed by atoms with E-state index in [1.807, 2.05) is 6.07 Å². The third-order valence-corrected chi connectivity index (χ3v) is 2.44. The van der Waals surface area contributed by atoms with Crippen molar-refractivity contribution in [2.24, 2.45) is 5.73 Å². The van der Waals surface area contributed by atoms with E-state index in [-0.39, 0.29) is 17.5 Å². The average Bonchev–Trinajstić information content (AvgIpc) is 2.40. The highest BCUT2D eigenvalue weighted by Crippen LogP contribution is 2.25. The summed E-state index contributed by atoms with van der Waals surface area (Å²) in [4.78, 5) is 8.16. The van der Waals surface area contributed by atoms with E-state index in [0.29, 0.717) is 17.0 Å². The molecule has 3 N–H and O–H groups in total. The van der Waals surface area contributed by atoms with Crippen LogP contribution in [0.15, 0.2) is 36.7 Å². The monoisotopic (exact) mass is 261 g/mol. The summed E-state index contributed by atoms with van der Waals surface area (Å²) in [5.41, 5.74) is 6.51. The van der Waals surface area contributed by atoms with Gasteiger partial charge in [0, 0.05) is 18.0 Å². The smallest absolute Gasteiger partial charge is 0.248 e. The van der Waals surface area contributed by atoms with Crippen LogP contribution in [0.3, 0.4) is 0 Å². The third kappa shape index (κ3) is 2.61. The molecule has 1 aromatic carbocycles. The van der Waals surface area contributed by atoms with Gasteiger partial charge < -0.3 is 15.6 Å². The molecule has 0 amide bonds. The number of aliphatic hydroxyl groups is 1. The second-order valence-corrected chi connectivity index (χ2v) is 3.88. The lowest BCUT2D eigenvalue weighted by atomic mass is 10.2. The fraction of sp³-hybridized carbons (Fsp3) is 0.0833. The number of nitrogens with two attached hydrogens (primary N) is 1. The molecule has 6 heteroatoms. The number of para-hydroxylation sites is 1. The summed E-state index contributed by atoms with van der Waals surface area (Å²) >= 11 is 4.87. The van der Waals surface area contributed by atoms with Gasteiger partial charge >= 0.3 is 0 Å². The molecule has 92 valence electrons. The van der Waals surface area contributed by atoms with Gasteiger partial charge in [-0.3, -0.25) is 0 Å². The number of aromatic nitrogens is 2. The molecule has 18 heavy (non-hydrogen) atoms. The average molecular weight is 261 g/mol. The molecule has 0 spiro atoms. The van der Waals surface area contributed by atoms with E-state index in [0.717, 1.165) is 0 Å². The van der Waals surface area contributed by atoms with E-state index >= 15 is 0 Å². The number of hydrogen-bond donors (Lipinski definition) is 2. The van der Waals surface area contributed by atoms with Crippen LogP contribution < -0.4 is 10.5 Å². The molecule has 0 radical (unpaired) electrons. The van der Waals surface area contributed by atoms with E-state index in [2.05, 4.69) is 9.97 Å². The molecule has 1 aromatic heterocycles. The van der Waals surface area contributed by atoms with Crippen molar-refractivity contribution in [3.05, 3.63) is 47.9 Å². The minimum absolute atomic E-state index is 0.111. The Bertz CT molecular complexity index is 575. The zero-order valence-corrected chi connectivity index (χ0v) is 10.2. The summed E-state index contributed by atoms with van der Waals surface area (Å²) in [5, 5.41) is 9.21. The zero-order chi connectivity index (χ0) is 13.0. The molecule has 5 nitrogen and oxygen atoms in total. The van der Waals surface area contributed by atoms with E-state index in [1.54, 1.807) is 18.2 Å². The van der Waals surface area contributed by atoms with Crippen LogP contribution in [0.5, 0.6) is 11.6 Å². The molecule has 0 fully saturated rings. The first-order chi connectivity index (χ1) is 8.72. The lowest BCUT2D eigenvalue weighted by molar-refractivity contribution is 0.276. The summed E-state index contributed by atoms with van der Waals surface area (Å²) < 4.78 is 5.59. The molecule has 0 unspecified atom stereocenters. The zero-order valence-electron chi connectivity index (χ0n) is 9.41. The predicted molar refractivity (Wildman–Crippen MR) is 70.4 cm³/mol. The lowest BCUT2D eigenvalue weighted by Crippen LogP contribution is -2.13. The largest absolute Gasteiger partial charge is 0.437 e. The van der Waals surface area contributed by atoms with Crippen LogP contribution in [0, 0.1) is 0 Å². The standard InChI is InChI=1S/C12H11N3O2S/c13-11(18)10-12(15-6-5-14-10)17-9-4-2-1-3-8(9)7-16/h1-6,16H,7H2,(H2,13,18).